The van der Waals surface area contributed by atoms with Crippen molar-refractivity contribution >= 4 is 23.3 Å². The number of nitrogens with zero attached hydrogens (tertiary/aromatic N) is 4. The van der Waals surface area contributed by atoms with E-state index >= 15 is 0 Å². The highest BCUT2D eigenvalue weighted by Crippen LogP contribution is 2.29. The van der Waals surface area contributed by atoms with Crippen LogP contribution in [-0.2, 0) is 11.2 Å². The van der Waals surface area contributed by atoms with Crippen LogP contribution in [0.15, 0.2) is 51.9 Å². The van der Waals surface area contributed by atoms with Crippen LogP contribution in [0.5, 0.6) is 0 Å². The Morgan fingerprint density at radius 1 is 1.34 bits per heavy atom. The lowest BCUT2D eigenvalue weighted by Gasteiger charge is -2.26. The molecule has 1 amide bonds. The van der Waals surface area contributed by atoms with Crippen LogP contribution in [-0.4, -0.2) is 44.1 Å². The van der Waals surface area contributed by atoms with Crippen LogP contribution in [0.4, 0.5) is 5.82 Å². The van der Waals surface area contributed by atoms with Gasteiger partial charge in [0, 0.05) is 36.2 Å². The van der Waals surface area contributed by atoms with Gasteiger partial charge in [-0.1, -0.05) is 12.6 Å². The van der Waals surface area contributed by atoms with Crippen LogP contribution in [0.25, 0.3) is 5.70 Å². The highest BCUT2D eigenvalue weighted by Gasteiger charge is 2.28. The summed E-state index contributed by atoms with van der Waals surface area (Å²) in [5, 5.41) is 12.1. The average molecular weight is 438 g/mol. The summed E-state index contributed by atoms with van der Waals surface area (Å²) in [5.74, 6) is -0.403. The number of rotatable bonds is 7. The van der Waals surface area contributed by atoms with E-state index in [4.69, 9.17) is 10.9 Å². The topological polar surface area (TPSA) is 148 Å². The zero-order valence-electron chi connectivity index (χ0n) is 18.3. The van der Waals surface area contributed by atoms with Gasteiger partial charge in [0.25, 0.3) is 5.56 Å². The van der Waals surface area contributed by atoms with Crippen molar-refractivity contribution in [3.8, 4) is 0 Å². The van der Waals surface area contributed by atoms with Crippen LogP contribution < -0.4 is 22.1 Å². The summed E-state index contributed by atoms with van der Waals surface area (Å²) in [7, 11) is 0. The summed E-state index contributed by atoms with van der Waals surface area (Å²) in [6, 6.07) is 5.41. The molecular weight excluding hydrogens is 410 g/mol. The van der Waals surface area contributed by atoms with Gasteiger partial charge in [-0.15, -0.1) is 0 Å². The van der Waals surface area contributed by atoms with Crippen molar-refractivity contribution in [2.45, 2.75) is 39.7 Å². The lowest BCUT2D eigenvalue weighted by molar-refractivity contribution is -0.128. The Hall–Kier alpha value is -3.79. The lowest BCUT2D eigenvalue weighted by Crippen LogP contribution is -2.36. The first-order chi connectivity index (χ1) is 15.2. The second-order valence-electron chi connectivity index (χ2n) is 7.59. The van der Waals surface area contributed by atoms with E-state index in [1.165, 1.54) is 4.57 Å². The molecule has 0 radical (unpaired) electrons. The third kappa shape index (κ3) is 4.75. The van der Waals surface area contributed by atoms with Gasteiger partial charge < -0.3 is 11.1 Å². The number of hydrogen-bond acceptors (Lipinski definition) is 8. The van der Waals surface area contributed by atoms with E-state index in [2.05, 4.69) is 26.9 Å². The second kappa shape index (κ2) is 9.56. The van der Waals surface area contributed by atoms with Crippen LogP contribution in [0.1, 0.15) is 30.4 Å². The molecule has 2 aromatic heterocycles. The molecule has 0 saturated carbocycles. The highest BCUT2D eigenvalue weighted by molar-refractivity contribution is 6.19. The quantitative estimate of drug-likeness (QED) is 0.377. The fourth-order valence-electron chi connectivity index (χ4n) is 3.54. The highest BCUT2D eigenvalue weighted by atomic mass is 16.5. The maximum Gasteiger partial charge on any atom is 0.298 e. The second-order valence-corrected chi connectivity index (χ2v) is 7.59. The van der Waals surface area contributed by atoms with Crippen molar-refractivity contribution in [1.82, 2.24) is 20.0 Å². The van der Waals surface area contributed by atoms with E-state index in [9.17, 15) is 9.59 Å². The number of carbonyl (C=O) groups excluding carboxylic acids is 1. The largest absolute Gasteiger partial charge is 0.382 e. The van der Waals surface area contributed by atoms with E-state index < -0.39 is 11.5 Å². The van der Waals surface area contributed by atoms with Gasteiger partial charge in [-0.05, 0) is 44.1 Å². The van der Waals surface area contributed by atoms with Crippen LogP contribution >= 0.6 is 0 Å². The molecule has 0 fully saturated rings. The lowest BCUT2D eigenvalue weighted by atomic mass is 9.93. The van der Waals surface area contributed by atoms with Gasteiger partial charge in [0.1, 0.15) is 5.84 Å². The Morgan fingerprint density at radius 2 is 2.09 bits per heavy atom. The smallest absolute Gasteiger partial charge is 0.298 e. The summed E-state index contributed by atoms with van der Waals surface area (Å²) >= 11 is 0. The summed E-state index contributed by atoms with van der Waals surface area (Å²) in [6.07, 6.45) is 1.94. The van der Waals surface area contributed by atoms with Gasteiger partial charge in [-0.25, -0.2) is 10.5 Å². The number of anilines is 1. The van der Waals surface area contributed by atoms with Crippen molar-refractivity contribution in [1.29, 1.82) is 0 Å². The van der Waals surface area contributed by atoms with Crippen LogP contribution in [0, 0.1) is 13.8 Å². The van der Waals surface area contributed by atoms with E-state index in [0.717, 1.165) is 11.4 Å². The first kappa shape index (κ1) is 22.9. The maximum absolute atomic E-state index is 13.3. The monoisotopic (exact) mass is 437 g/mol. The molecular formula is C22H27N7O3. The fourth-order valence-corrected chi connectivity index (χ4v) is 3.54. The van der Waals surface area contributed by atoms with Crippen LogP contribution in [0.2, 0.25) is 0 Å². The van der Waals surface area contributed by atoms with Crippen molar-refractivity contribution < 1.29 is 10.0 Å². The average Bonchev–Trinajstić information content (AvgIpc) is 2.75. The van der Waals surface area contributed by atoms with Gasteiger partial charge in [-0.2, -0.15) is 0 Å². The molecule has 32 heavy (non-hydrogen) atoms. The molecule has 10 nitrogen and oxygen atoms in total. The number of nitrogens with two attached hydrogens (primary N) is 1. The Balaban J connectivity index is 1.98. The fraction of sp³-hybridized carbons (Fsp3) is 0.318. The molecule has 3 rings (SSSR count). The molecule has 0 bridgehead atoms. The van der Waals surface area contributed by atoms with E-state index in [0.29, 0.717) is 29.8 Å². The first-order valence-corrected chi connectivity index (χ1v) is 10.2. The van der Waals surface area contributed by atoms with Gasteiger partial charge in [-0.3, -0.25) is 29.3 Å². The molecule has 2 aromatic rings. The summed E-state index contributed by atoms with van der Waals surface area (Å²) in [4.78, 5) is 38.3. The summed E-state index contributed by atoms with van der Waals surface area (Å²) < 4.78 is 1.37. The number of amidine groups is 1. The zero-order chi connectivity index (χ0) is 23.4. The Labute approximate surface area is 185 Å². The Kier molecular flexibility index (Phi) is 6.84. The minimum atomic E-state index is -0.649. The van der Waals surface area contributed by atoms with Gasteiger partial charge in [0.15, 0.2) is 5.82 Å². The molecule has 10 heteroatoms. The molecule has 0 aliphatic carbocycles. The number of carbonyl (C=O) groups is 1. The Morgan fingerprint density at radius 3 is 2.78 bits per heavy atom. The zero-order valence-corrected chi connectivity index (χ0v) is 18.3. The maximum atomic E-state index is 13.3. The minimum Gasteiger partial charge on any atom is -0.382 e. The third-order valence-corrected chi connectivity index (χ3v) is 5.20. The first-order valence-electron chi connectivity index (χ1n) is 10.2. The van der Waals surface area contributed by atoms with E-state index in [1.807, 2.05) is 25.1 Å². The van der Waals surface area contributed by atoms with Crippen molar-refractivity contribution in [2.75, 3.05) is 11.9 Å². The van der Waals surface area contributed by atoms with Gasteiger partial charge in [0.05, 0.1) is 18.2 Å². The standard InChI is InChI=1S/C22H27N7O3/c1-12-6-5-7-16(26-12)8-9-24-21-22(31)29(13(2)11-25-21)19-17(10-18(30)28-32)14(3)15(4)27-20(19)23/h5-7,11,15,32H,3,8-10H2,1-2,4H3,(H2,23,27)(H,24,25)(H,28,30). The van der Waals surface area contributed by atoms with Gasteiger partial charge in [0.2, 0.25) is 5.91 Å². The van der Waals surface area contributed by atoms with Crippen LogP contribution in [0.3, 0.4) is 0 Å². The molecule has 3 heterocycles. The minimum absolute atomic E-state index is 0.108. The molecule has 0 saturated heterocycles. The number of pyridine rings is 1. The number of hydrogen-bond donors (Lipinski definition) is 4. The number of hydroxylamine groups is 1. The van der Waals surface area contributed by atoms with Crippen molar-refractivity contribution in [3.05, 3.63) is 69.6 Å². The van der Waals surface area contributed by atoms with Crippen molar-refractivity contribution in [2.24, 2.45) is 10.7 Å². The molecule has 1 aliphatic heterocycles. The van der Waals surface area contributed by atoms with Gasteiger partial charge >= 0.3 is 0 Å². The van der Waals surface area contributed by atoms with E-state index in [1.54, 1.807) is 25.5 Å². The molecule has 0 aromatic carbocycles. The molecule has 1 atom stereocenters. The molecule has 0 spiro atoms. The molecule has 1 unspecified atom stereocenters. The number of aryl methyl sites for hydroxylation is 2. The van der Waals surface area contributed by atoms with E-state index in [-0.39, 0.29) is 29.8 Å². The van der Waals surface area contributed by atoms with Crippen molar-refractivity contribution in [3.63, 3.8) is 0 Å². The molecule has 5 N–H and O–H groups in total. The summed E-state index contributed by atoms with van der Waals surface area (Å²) in [6.45, 7) is 9.88. The summed E-state index contributed by atoms with van der Waals surface area (Å²) in [5.41, 5.74) is 11.0. The third-order valence-electron chi connectivity index (χ3n) is 5.20. The number of amides is 1. The Bertz CT molecular complexity index is 1180. The SMILES string of the molecule is C=C1C(CC(=O)NO)=C(n2c(C)cnc(NCCc3cccc(C)n3)c2=O)C(N)=NC1C. The number of nitrogens with one attached hydrogen (secondary N) is 2. The predicted molar refractivity (Wildman–Crippen MR) is 122 cm³/mol. The number of dihydropyridines is 1. The number of aliphatic imine (C=N–C) groups is 1. The molecule has 168 valence electrons. The number of aromatic nitrogens is 3. The molecule has 1 aliphatic rings. The predicted octanol–water partition coefficient (Wildman–Crippen LogP) is 1.33. The normalized spacial score (nSPS) is 16.1.